The SMILES string of the molecule is COc1cccc(Oc2cccc(CN3CCN(C(=O)O)CC3)c2)c1. The Morgan fingerprint density at radius 3 is 2.32 bits per heavy atom. The van der Waals surface area contributed by atoms with Crippen molar-refractivity contribution in [1.29, 1.82) is 0 Å². The standard InChI is InChI=1S/C19H22N2O4/c1-24-16-5-3-7-18(13-16)25-17-6-2-4-15(12-17)14-20-8-10-21(11-9-20)19(22)23/h2-7,12-13H,8-11,14H2,1H3,(H,22,23). The summed E-state index contributed by atoms with van der Waals surface area (Å²) in [6, 6.07) is 15.5. The number of carbonyl (C=O) groups is 1. The number of hydrogen-bond donors (Lipinski definition) is 1. The molecular formula is C19H22N2O4. The molecule has 0 unspecified atom stereocenters. The van der Waals surface area contributed by atoms with Gasteiger partial charge >= 0.3 is 6.09 Å². The van der Waals surface area contributed by atoms with Crippen LogP contribution in [0, 0.1) is 0 Å². The third kappa shape index (κ3) is 4.64. The molecule has 0 spiro atoms. The summed E-state index contributed by atoms with van der Waals surface area (Å²) in [6.07, 6.45) is -0.840. The van der Waals surface area contributed by atoms with Gasteiger partial charge in [-0.25, -0.2) is 4.79 Å². The zero-order valence-electron chi connectivity index (χ0n) is 14.2. The van der Waals surface area contributed by atoms with E-state index in [-0.39, 0.29) is 0 Å². The fraction of sp³-hybridized carbons (Fsp3) is 0.316. The largest absolute Gasteiger partial charge is 0.497 e. The van der Waals surface area contributed by atoms with Crippen molar-refractivity contribution in [1.82, 2.24) is 9.80 Å². The normalized spacial score (nSPS) is 15.0. The first-order chi connectivity index (χ1) is 12.1. The van der Waals surface area contributed by atoms with Gasteiger partial charge in [-0.3, -0.25) is 4.90 Å². The molecule has 2 aromatic carbocycles. The van der Waals surface area contributed by atoms with Crippen LogP contribution in [0.5, 0.6) is 17.2 Å². The van der Waals surface area contributed by atoms with Gasteiger partial charge in [-0.1, -0.05) is 18.2 Å². The van der Waals surface area contributed by atoms with Crippen molar-refractivity contribution in [2.24, 2.45) is 0 Å². The van der Waals surface area contributed by atoms with Crippen LogP contribution in [-0.2, 0) is 6.54 Å². The molecule has 1 aliphatic rings. The van der Waals surface area contributed by atoms with E-state index < -0.39 is 6.09 Å². The van der Waals surface area contributed by atoms with Gasteiger partial charge in [-0.05, 0) is 29.8 Å². The number of nitrogens with zero attached hydrogens (tertiary/aromatic N) is 2. The van der Waals surface area contributed by atoms with Gasteiger partial charge < -0.3 is 19.5 Å². The van der Waals surface area contributed by atoms with Crippen molar-refractivity contribution in [3.63, 3.8) is 0 Å². The van der Waals surface area contributed by atoms with Crippen LogP contribution in [0.2, 0.25) is 0 Å². The Bertz CT molecular complexity index is 727. The van der Waals surface area contributed by atoms with Crippen LogP contribution < -0.4 is 9.47 Å². The average Bonchev–Trinajstić information content (AvgIpc) is 2.62. The summed E-state index contributed by atoms with van der Waals surface area (Å²) in [5.74, 6) is 2.26. The summed E-state index contributed by atoms with van der Waals surface area (Å²) < 4.78 is 11.1. The quantitative estimate of drug-likeness (QED) is 0.903. The number of benzene rings is 2. The van der Waals surface area contributed by atoms with Crippen LogP contribution >= 0.6 is 0 Å². The first-order valence-corrected chi connectivity index (χ1v) is 8.25. The van der Waals surface area contributed by atoms with E-state index in [1.165, 1.54) is 4.90 Å². The van der Waals surface area contributed by atoms with E-state index in [1.54, 1.807) is 7.11 Å². The first-order valence-electron chi connectivity index (χ1n) is 8.25. The van der Waals surface area contributed by atoms with E-state index in [4.69, 9.17) is 14.6 Å². The average molecular weight is 342 g/mol. The van der Waals surface area contributed by atoms with Gasteiger partial charge in [0.1, 0.15) is 17.2 Å². The molecule has 6 nitrogen and oxygen atoms in total. The molecule has 132 valence electrons. The maximum Gasteiger partial charge on any atom is 0.407 e. The van der Waals surface area contributed by atoms with Gasteiger partial charge in [-0.2, -0.15) is 0 Å². The maximum absolute atomic E-state index is 11.0. The number of hydrogen-bond acceptors (Lipinski definition) is 4. The van der Waals surface area contributed by atoms with Crippen LogP contribution in [0.15, 0.2) is 48.5 Å². The van der Waals surface area contributed by atoms with Gasteiger partial charge in [0.25, 0.3) is 0 Å². The molecule has 1 amide bonds. The van der Waals surface area contributed by atoms with Crippen molar-refractivity contribution < 1.29 is 19.4 Å². The summed E-state index contributed by atoms with van der Waals surface area (Å²) in [7, 11) is 1.63. The fourth-order valence-corrected chi connectivity index (χ4v) is 2.86. The van der Waals surface area contributed by atoms with Gasteiger partial charge in [-0.15, -0.1) is 0 Å². The Hall–Kier alpha value is -2.73. The highest BCUT2D eigenvalue weighted by atomic mass is 16.5. The zero-order chi connectivity index (χ0) is 17.6. The molecule has 0 bridgehead atoms. The van der Waals surface area contributed by atoms with Gasteiger partial charge in [0, 0.05) is 38.8 Å². The van der Waals surface area contributed by atoms with Crippen LogP contribution in [0.25, 0.3) is 0 Å². The number of piperazine rings is 1. The number of methoxy groups -OCH3 is 1. The highest BCUT2D eigenvalue weighted by Crippen LogP contribution is 2.26. The van der Waals surface area contributed by atoms with Crippen LogP contribution in [-0.4, -0.2) is 54.3 Å². The molecule has 0 aromatic heterocycles. The summed E-state index contributed by atoms with van der Waals surface area (Å²) >= 11 is 0. The van der Waals surface area contributed by atoms with Crippen LogP contribution in [0.4, 0.5) is 4.79 Å². The second-order valence-electron chi connectivity index (χ2n) is 5.97. The third-order valence-electron chi connectivity index (χ3n) is 4.22. The smallest absolute Gasteiger partial charge is 0.407 e. The minimum Gasteiger partial charge on any atom is -0.497 e. The molecule has 25 heavy (non-hydrogen) atoms. The molecule has 0 saturated carbocycles. The lowest BCUT2D eigenvalue weighted by molar-refractivity contribution is 0.103. The van der Waals surface area contributed by atoms with E-state index in [1.807, 2.05) is 42.5 Å². The highest BCUT2D eigenvalue weighted by molar-refractivity contribution is 5.65. The molecule has 0 aliphatic carbocycles. The minimum atomic E-state index is -0.840. The molecule has 1 N–H and O–H groups in total. The Labute approximate surface area is 147 Å². The predicted octanol–water partition coefficient (Wildman–Crippen LogP) is 3.28. The molecule has 1 heterocycles. The Morgan fingerprint density at radius 1 is 1.00 bits per heavy atom. The minimum absolute atomic E-state index is 0.551. The molecule has 3 rings (SSSR count). The topological polar surface area (TPSA) is 62.2 Å². The van der Waals surface area contributed by atoms with Gasteiger partial charge in [0.2, 0.25) is 0 Å². The monoisotopic (exact) mass is 342 g/mol. The lowest BCUT2D eigenvalue weighted by Crippen LogP contribution is -2.47. The predicted molar refractivity (Wildman–Crippen MR) is 94.4 cm³/mol. The van der Waals surface area contributed by atoms with Gasteiger partial charge in [0.15, 0.2) is 0 Å². The Morgan fingerprint density at radius 2 is 1.64 bits per heavy atom. The molecule has 0 atom stereocenters. The van der Waals surface area contributed by atoms with Crippen molar-refractivity contribution in [3.05, 3.63) is 54.1 Å². The Kier molecular flexibility index (Phi) is 5.40. The molecule has 1 aliphatic heterocycles. The van der Waals surface area contributed by atoms with Crippen molar-refractivity contribution in [3.8, 4) is 17.2 Å². The molecule has 1 fully saturated rings. The maximum atomic E-state index is 11.0. The van der Waals surface area contributed by atoms with Crippen molar-refractivity contribution >= 4 is 6.09 Å². The van der Waals surface area contributed by atoms with Crippen molar-refractivity contribution in [2.45, 2.75) is 6.54 Å². The molecule has 2 aromatic rings. The highest BCUT2D eigenvalue weighted by Gasteiger charge is 2.20. The van der Waals surface area contributed by atoms with E-state index in [0.29, 0.717) is 13.1 Å². The Balaban J connectivity index is 1.61. The summed E-state index contributed by atoms with van der Waals surface area (Å²) in [6.45, 7) is 3.37. The van der Waals surface area contributed by atoms with E-state index in [2.05, 4.69) is 11.0 Å². The summed E-state index contributed by atoms with van der Waals surface area (Å²) in [5.41, 5.74) is 1.14. The fourth-order valence-electron chi connectivity index (χ4n) is 2.86. The number of amides is 1. The summed E-state index contributed by atoms with van der Waals surface area (Å²) in [5, 5.41) is 9.01. The molecule has 0 radical (unpaired) electrons. The van der Waals surface area contributed by atoms with Crippen molar-refractivity contribution in [2.75, 3.05) is 33.3 Å². The number of carboxylic acid groups (broad SMARTS) is 1. The van der Waals surface area contributed by atoms with E-state index >= 15 is 0 Å². The van der Waals surface area contributed by atoms with Gasteiger partial charge in [0.05, 0.1) is 7.11 Å². The molecular weight excluding hydrogens is 320 g/mol. The summed E-state index contributed by atoms with van der Waals surface area (Å²) in [4.78, 5) is 14.7. The number of rotatable bonds is 5. The second-order valence-corrected chi connectivity index (χ2v) is 5.97. The lowest BCUT2D eigenvalue weighted by atomic mass is 10.2. The molecule has 1 saturated heterocycles. The third-order valence-corrected chi connectivity index (χ3v) is 4.22. The van der Waals surface area contributed by atoms with Crippen LogP contribution in [0.1, 0.15) is 5.56 Å². The van der Waals surface area contributed by atoms with Crippen LogP contribution in [0.3, 0.4) is 0 Å². The lowest BCUT2D eigenvalue weighted by Gasteiger charge is -2.33. The van der Waals surface area contributed by atoms with E-state index in [0.717, 1.165) is 42.4 Å². The second kappa shape index (κ2) is 7.90. The first kappa shape index (κ1) is 17.1. The van der Waals surface area contributed by atoms with E-state index in [9.17, 15) is 4.79 Å². The number of ether oxygens (including phenoxy) is 2. The molecule has 6 heteroatoms. The zero-order valence-corrected chi connectivity index (χ0v) is 14.2.